The number of nitrogens with one attached hydrogen (secondary N) is 1. The number of amides is 1. The smallest absolute Gasteiger partial charge is 0.223 e. The van der Waals surface area contributed by atoms with E-state index < -0.39 is 0 Å². The molecule has 2 aromatic rings. The highest BCUT2D eigenvalue weighted by Gasteiger charge is 2.27. The van der Waals surface area contributed by atoms with E-state index in [0.29, 0.717) is 5.92 Å². The number of likely N-dealkylation sites (tertiary alicyclic amines) is 1. The highest BCUT2D eigenvalue weighted by Crippen LogP contribution is 2.26. The number of piperidine rings is 1. The molecule has 4 nitrogen and oxygen atoms in total. The van der Waals surface area contributed by atoms with Crippen LogP contribution in [0.25, 0.3) is 0 Å². The number of hydrogen-bond acceptors (Lipinski definition) is 3. The summed E-state index contributed by atoms with van der Waals surface area (Å²) in [5, 5.41) is 3.34. The van der Waals surface area contributed by atoms with Crippen LogP contribution in [0.5, 0.6) is 5.75 Å². The first-order valence-electron chi connectivity index (χ1n) is 11.2. The summed E-state index contributed by atoms with van der Waals surface area (Å²) in [6, 6.07) is 16.9. The second-order valence-corrected chi connectivity index (χ2v) is 9.00. The monoisotopic (exact) mass is 408 g/mol. The number of carbonyl (C=O) groups is 1. The molecule has 0 saturated carbocycles. The van der Waals surface area contributed by atoms with E-state index in [1.807, 2.05) is 12.1 Å². The minimum Gasteiger partial charge on any atom is -0.497 e. The molecule has 30 heavy (non-hydrogen) atoms. The topological polar surface area (TPSA) is 41.6 Å². The number of benzene rings is 2. The summed E-state index contributed by atoms with van der Waals surface area (Å²) < 4.78 is 5.27. The maximum absolute atomic E-state index is 13.0. The van der Waals surface area contributed by atoms with Crippen LogP contribution in [-0.4, -0.2) is 31.0 Å². The van der Waals surface area contributed by atoms with Crippen molar-refractivity contribution in [1.29, 1.82) is 0 Å². The maximum atomic E-state index is 13.0. The van der Waals surface area contributed by atoms with E-state index in [1.165, 1.54) is 11.1 Å². The van der Waals surface area contributed by atoms with Gasteiger partial charge in [-0.05, 0) is 68.5 Å². The van der Waals surface area contributed by atoms with Gasteiger partial charge in [0.05, 0.1) is 13.2 Å². The zero-order valence-electron chi connectivity index (χ0n) is 18.9. The minimum absolute atomic E-state index is 0.0500. The standard InChI is InChI=1S/C26H36N2O2/c1-19(2)17-25(22-9-11-24(30-4)12-10-22)27-26(29)23-13-15-28(16-14-23)18-21-7-5-20(3)6-8-21/h5-12,19,23,25H,13-18H2,1-4H3,(H,27,29)/t25-/m1/s1. The Kier molecular flexibility index (Phi) is 7.92. The van der Waals surface area contributed by atoms with Gasteiger partial charge in [-0.25, -0.2) is 0 Å². The van der Waals surface area contributed by atoms with E-state index in [9.17, 15) is 4.79 Å². The Balaban J connectivity index is 1.55. The Hall–Kier alpha value is -2.33. The molecule has 0 spiro atoms. The van der Waals surface area contributed by atoms with Crippen LogP contribution < -0.4 is 10.1 Å². The lowest BCUT2D eigenvalue weighted by Gasteiger charge is -2.32. The molecule has 162 valence electrons. The molecule has 0 radical (unpaired) electrons. The maximum Gasteiger partial charge on any atom is 0.223 e. The van der Waals surface area contributed by atoms with Gasteiger partial charge in [0.1, 0.15) is 5.75 Å². The second kappa shape index (κ2) is 10.6. The van der Waals surface area contributed by atoms with Crippen LogP contribution in [0, 0.1) is 18.8 Å². The van der Waals surface area contributed by atoms with E-state index in [1.54, 1.807) is 7.11 Å². The Morgan fingerprint density at radius 1 is 1.07 bits per heavy atom. The predicted octanol–water partition coefficient (Wildman–Crippen LogP) is 5.12. The quantitative estimate of drug-likeness (QED) is 0.659. The van der Waals surface area contributed by atoms with Gasteiger partial charge in [-0.2, -0.15) is 0 Å². The van der Waals surface area contributed by atoms with E-state index >= 15 is 0 Å². The fraction of sp³-hybridized carbons (Fsp3) is 0.500. The van der Waals surface area contributed by atoms with Crippen LogP contribution in [0.2, 0.25) is 0 Å². The van der Waals surface area contributed by atoms with Crippen molar-refractivity contribution in [3.8, 4) is 5.75 Å². The molecule has 2 aromatic carbocycles. The normalized spacial score (nSPS) is 16.4. The number of nitrogens with zero attached hydrogens (tertiary/aromatic N) is 1. The molecule has 0 aromatic heterocycles. The van der Waals surface area contributed by atoms with Crippen LogP contribution in [0.4, 0.5) is 0 Å². The molecule has 0 unspecified atom stereocenters. The van der Waals surface area contributed by atoms with Crippen molar-refractivity contribution in [3.05, 3.63) is 65.2 Å². The molecule has 0 bridgehead atoms. The molecule has 1 heterocycles. The average Bonchev–Trinajstić information content (AvgIpc) is 2.75. The first-order chi connectivity index (χ1) is 14.4. The Labute approximate surface area is 181 Å². The van der Waals surface area contributed by atoms with Gasteiger partial charge < -0.3 is 10.1 Å². The number of ether oxygens (including phenoxy) is 1. The van der Waals surface area contributed by atoms with Gasteiger partial charge in [0.2, 0.25) is 5.91 Å². The first kappa shape index (κ1) is 22.4. The number of hydrogen-bond donors (Lipinski definition) is 1. The van der Waals surface area contributed by atoms with Crippen molar-refractivity contribution in [2.24, 2.45) is 11.8 Å². The lowest BCUT2D eigenvalue weighted by molar-refractivity contribution is -0.127. The average molecular weight is 409 g/mol. The molecule has 1 saturated heterocycles. The third kappa shape index (κ3) is 6.33. The first-order valence-corrected chi connectivity index (χ1v) is 11.2. The number of rotatable bonds is 8. The summed E-state index contributed by atoms with van der Waals surface area (Å²) in [4.78, 5) is 15.5. The Bertz CT molecular complexity index is 791. The minimum atomic E-state index is 0.0500. The molecule has 1 atom stereocenters. The molecule has 1 N–H and O–H groups in total. The summed E-state index contributed by atoms with van der Waals surface area (Å²) in [6.45, 7) is 9.44. The third-order valence-electron chi connectivity index (χ3n) is 6.03. The van der Waals surface area contributed by atoms with Crippen molar-refractivity contribution in [3.63, 3.8) is 0 Å². The van der Waals surface area contributed by atoms with Crippen LogP contribution in [0.3, 0.4) is 0 Å². The number of aryl methyl sites for hydroxylation is 1. The van der Waals surface area contributed by atoms with E-state index in [-0.39, 0.29) is 17.9 Å². The molecule has 1 aliphatic heterocycles. The molecule has 1 amide bonds. The van der Waals surface area contributed by atoms with Crippen LogP contribution in [-0.2, 0) is 11.3 Å². The van der Waals surface area contributed by atoms with Crippen molar-refractivity contribution in [1.82, 2.24) is 10.2 Å². The highest BCUT2D eigenvalue weighted by molar-refractivity contribution is 5.79. The van der Waals surface area contributed by atoms with Crippen molar-refractivity contribution in [2.75, 3.05) is 20.2 Å². The molecule has 1 aliphatic rings. The fourth-order valence-electron chi connectivity index (χ4n) is 4.18. The largest absolute Gasteiger partial charge is 0.497 e. The summed E-state index contributed by atoms with van der Waals surface area (Å²) in [5.74, 6) is 1.65. The van der Waals surface area contributed by atoms with E-state index in [0.717, 1.165) is 50.2 Å². The Morgan fingerprint density at radius 3 is 2.27 bits per heavy atom. The fourth-order valence-corrected chi connectivity index (χ4v) is 4.18. The summed E-state index contributed by atoms with van der Waals surface area (Å²) in [6.07, 6.45) is 2.79. The predicted molar refractivity (Wildman–Crippen MR) is 123 cm³/mol. The Morgan fingerprint density at radius 2 is 1.70 bits per heavy atom. The van der Waals surface area contributed by atoms with Crippen LogP contribution in [0.15, 0.2) is 48.5 Å². The van der Waals surface area contributed by atoms with Crippen molar-refractivity contribution >= 4 is 5.91 Å². The van der Waals surface area contributed by atoms with Gasteiger partial charge in [0.15, 0.2) is 0 Å². The van der Waals surface area contributed by atoms with Gasteiger partial charge in [0, 0.05) is 12.5 Å². The molecule has 1 fully saturated rings. The van der Waals surface area contributed by atoms with E-state index in [4.69, 9.17) is 4.74 Å². The third-order valence-corrected chi connectivity index (χ3v) is 6.03. The van der Waals surface area contributed by atoms with Gasteiger partial charge in [-0.15, -0.1) is 0 Å². The molecule has 0 aliphatic carbocycles. The van der Waals surface area contributed by atoms with Gasteiger partial charge in [-0.1, -0.05) is 55.8 Å². The highest BCUT2D eigenvalue weighted by atomic mass is 16.5. The molecular formula is C26H36N2O2. The summed E-state index contributed by atoms with van der Waals surface area (Å²) in [7, 11) is 1.67. The molecule has 4 heteroatoms. The van der Waals surface area contributed by atoms with Gasteiger partial charge in [-0.3, -0.25) is 9.69 Å². The van der Waals surface area contributed by atoms with Gasteiger partial charge in [0.25, 0.3) is 0 Å². The van der Waals surface area contributed by atoms with Crippen LogP contribution >= 0.6 is 0 Å². The van der Waals surface area contributed by atoms with Crippen LogP contribution in [0.1, 0.15) is 55.8 Å². The number of methoxy groups -OCH3 is 1. The number of carbonyl (C=O) groups excluding carboxylic acids is 1. The van der Waals surface area contributed by atoms with Crippen molar-refractivity contribution < 1.29 is 9.53 Å². The SMILES string of the molecule is COc1ccc([C@@H](CC(C)C)NC(=O)C2CCN(Cc3ccc(C)cc3)CC2)cc1. The lowest BCUT2D eigenvalue weighted by Crippen LogP contribution is -2.41. The second-order valence-electron chi connectivity index (χ2n) is 9.00. The summed E-state index contributed by atoms with van der Waals surface area (Å²) in [5.41, 5.74) is 3.79. The zero-order chi connectivity index (χ0) is 21.5. The molecular weight excluding hydrogens is 372 g/mol. The van der Waals surface area contributed by atoms with E-state index in [2.05, 4.69) is 67.4 Å². The lowest BCUT2D eigenvalue weighted by atomic mass is 9.92. The van der Waals surface area contributed by atoms with Crippen molar-refractivity contribution in [2.45, 2.75) is 52.6 Å². The summed E-state index contributed by atoms with van der Waals surface area (Å²) >= 11 is 0. The van der Waals surface area contributed by atoms with Gasteiger partial charge >= 0.3 is 0 Å². The zero-order valence-corrected chi connectivity index (χ0v) is 18.9. The molecule has 3 rings (SSSR count).